The van der Waals surface area contributed by atoms with Crippen LogP contribution in [0.15, 0.2) is 68.4 Å². The van der Waals surface area contributed by atoms with Crippen molar-refractivity contribution >= 4 is 17.9 Å². The summed E-state index contributed by atoms with van der Waals surface area (Å²) < 4.78 is 13.4. The molecule has 0 saturated carbocycles. The zero-order chi connectivity index (χ0) is 17.9. The first-order valence-corrected chi connectivity index (χ1v) is 6.18. The minimum atomic E-state index is -1.28. The molecule has 0 amide bonds. The number of hydrogen-bond acceptors (Lipinski definition) is 8. The van der Waals surface area contributed by atoms with Crippen LogP contribution >= 0.6 is 0 Å². The minimum Gasteiger partial charge on any atom is -0.542 e. The van der Waals surface area contributed by atoms with Gasteiger partial charge in [-0.25, -0.2) is 4.79 Å². The molecule has 134 valence electrons. The summed E-state index contributed by atoms with van der Waals surface area (Å²) >= 11 is 0. The first kappa shape index (κ1) is 21.7. The normalized spacial score (nSPS) is 8.64. The summed E-state index contributed by atoms with van der Waals surface area (Å²) in [6.07, 6.45) is 3.89. The van der Waals surface area contributed by atoms with Crippen LogP contribution in [-0.2, 0) is 16.5 Å². The van der Waals surface area contributed by atoms with Gasteiger partial charge in [-0.2, -0.15) is 0 Å². The van der Waals surface area contributed by atoms with Gasteiger partial charge in [0.1, 0.15) is 23.5 Å². The molecule has 9 nitrogen and oxygen atoms in total. The van der Waals surface area contributed by atoms with Gasteiger partial charge in [0, 0.05) is 0 Å². The van der Waals surface area contributed by atoms with Crippen molar-refractivity contribution in [1.29, 1.82) is 0 Å². The van der Waals surface area contributed by atoms with E-state index in [1.807, 2.05) is 0 Å². The number of carboxylic acids is 3. The molecule has 0 saturated heterocycles. The van der Waals surface area contributed by atoms with Gasteiger partial charge >= 0.3 is 22.5 Å². The Morgan fingerprint density at radius 1 is 0.720 bits per heavy atom. The van der Waals surface area contributed by atoms with Crippen molar-refractivity contribution in [2.45, 2.75) is 0 Å². The summed E-state index contributed by atoms with van der Waals surface area (Å²) in [5.74, 6) is -3.89. The number of furan rings is 3. The molecule has 3 rings (SSSR count). The monoisotopic (exact) mass is 392 g/mol. The topological polar surface area (TPSA) is 157 Å². The molecule has 10 heteroatoms. The number of rotatable bonds is 3. The Balaban J connectivity index is 0.000000339. The molecule has 3 heterocycles. The smallest absolute Gasteiger partial charge is 0.542 e. The van der Waals surface area contributed by atoms with Crippen molar-refractivity contribution in [3.63, 3.8) is 0 Å². The molecule has 1 N–H and O–H groups in total. The van der Waals surface area contributed by atoms with Crippen LogP contribution in [0.25, 0.3) is 0 Å². The summed E-state index contributed by atoms with van der Waals surface area (Å²) in [5.41, 5.74) is 0. The summed E-state index contributed by atoms with van der Waals surface area (Å²) in [6.45, 7) is 0. The average molecular weight is 393 g/mol. The van der Waals surface area contributed by atoms with Gasteiger partial charge in [0.25, 0.3) is 0 Å². The Morgan fingerprint density at radius 2 is 1.04 bits per heavy atom. The van der Waals surface area contributed by atoms with E-state index in [-0.39, 0.29) is 33.8 Å². The van der Waals surface area contributed by atoms with Gasteiger partial charge < -0.3 is 38.2 Å². The maximum Gasteiger partial charge on any atom is 2.00 e. The molecule has 0 fully saturated rings. The molecule has 3 aromatic heterocycles. The quantitative estimate of drug-likeness (QED) is 0.617. The van der Waals surface area contributed by atoms with Crippen LogP contribution in [0.2, 0.25) is 0 Å². The Hall–Kier alpha value is -3.26. The average Bonchev–Trinajstić information content (AvgIpc) is 3.29. The third kappa shape index (κ3) is 8.24. The molecular weight excluding hydrogens is 383 g/mol. The molecular formula is C15H10NiO9. The Labute approximate surface area is 150 Å². The van der Waals surface area contributed by atoms with E-state index >= 15 is 0 Å². The van der Waals surface area contributed by atoms with Crippen molar-refractivity contribution in [3.05, 3.63) is 72.5 Å². The van der Waals surface area contributed by atoms with Crippen LogP contribution in [0.1, 0.15) is 31.7 Å². The summed E-state index contributed by atoms with van der Waals surface area (Å²) in [5, 5.41) is 27.9. The fourth-order valence-corrected chi connectivity index (χ4v) is 1.19. The molecule has 0 spiro atoms. The van der Waals surface area contributed by atoms with Gasteiger partial charge in [-0.05, 0) is 36.4 Å². The van der Waals surface area contributed by atoms with Crippen molar-refractivity contribution in [1.82, 2.24) is 0 Å². The van der Waals surface area contributed by atoms with E-state index in [0.29, 0.717) is 0 Å². The maximum absolute atomic E-state index is 9.97. The third-order valence-corrected chi connectivity index (χ3v) is 2.18. The summed E-state index contributed by atoms with van der Waals surface area (Å²) in [7, 11) is 0. The van der Waals surface area contributed by atoms with Gasteiger partial charge in [-0.1, -0.05) is 0 Å². The van der Waals surface area contributed by atoms with Gasteiger partial charge in [-0.15, -0.1) is 0 Å². The van der Waals surface area contributed by atoms with E-state index in [1.54, 1.807) is 0 Å². The van der Waals surface area contributed by atoms with E-state index in [4.69, 9.17) is 5.11 Å². The fourth-order valence-electron chi connectivity index (χ4n) is 1.19. The largest absolute Gasteiger partial charge is 2.00 e. The maximum atomic E-state index is 9.97. The van der Waals surface area contributed by atoms with Crippen molar-refractivity contribution < 1.29 is 59.4 Å². The van der Waals surface area contributed by atoms with Gasteiger partial charge in [0.05, 0.1) is 18.8 Å². The van der Waals surface area contributed by atoms with Crippen LogP contribution in [0.3, 0.4) is 0 Å². The molecule has 0 radical (unpaired) electrons. The van der Waals surface area contributed by atoms with Crippen LogP contribution in [-0.4, -0.2) is 23.0 Å². The van der Waals surface area contributed by atoms with Gasteiger partial charge in [0.15, 0.2) is 0 Å². The molecule has 0 aromatic carbocycles. The summed E-state index contributed by atoms with van der Waals surface area (Å²) in [6, 6.07) is 8.56. The van der Waals surface area contributed by atoms with Crippen molar-refractivity contribution in [3.8, 4) is 0 Å². The standard InChI is InChI=1S/3C5H4O3.Ni/c3*6-5(7)4-2-1-3-8-4;/h3*1-3H,(H,6,7);/q;;;+2/p-2. The second kappa shape index (κ2) is 11.3. The van der Waals surface area contributed by atoms with E-state index in [2.05, 4.69) is 13.3 Å². The molecule has 0 aliphatic carbocycles. The zero-order valence-corrected chi connectivity index (χ0v) is 13.2. The molecule has 25 heavy (non-hydrogen) atoms. The van der Waals surface area contributed by atoms with Crippen LogP contribution in [0.4, 0.5) is 0 Å². The molecule has 0 aliphatic heterocycles. The van der Waals surface area contributed by atoms with Crippen molar-refractivity contribution in [2.24, 2.45) is 0 Å². The SMILES string of the molecule is O=C(O)c1ccco1.O=C([O-])c1ccco1.O=C([O-])c1ccco1.[Ni+2]. The second-order valence-electron chi connectivity index (χ2n) is 3.81. The number of carboxylic acid groups (broad SMARTS) is 3. The van der Waals surface area contributed by atoms with Crippen LogP contribution in [0.5, 0.6) is 0 Å². The molecule has 0 bridgehead atoms. The zero-order valence-electron chi connectivity index (χ0n) is 12.2. The van der Waals surface area contributed by atoms with E-state index < -0.39 is 17.9 Å². The molecule has 0 atom stereocenters. The predicted molar refractivity (Wildman–Crippen MR) is 71.7 cm³/mol. The first-order chi connectivity index (χ1) is 11.4. The summed E-state index contributed by atoms with van der Waals surface area (Å²) in [4.78, 5) is 29.7. The number of carbonyl (C=O) groups excluding carboxylic acids is 2. The Morgan fingerprint density at radius 3 is 1.16 bits per heavy atom. The van der Waals surface area contributed by atoms with Crippen LogP contribution in [0, 0.1) is 0 Å². The predicted octanol–water partition coefficient (Wildman–Crippen LogP) is 0.262. The van der Waals surface area contributed by atoms with Gasteiger partial charge in [0.2, 0.25) is 5.76 Å². The number of aromatic carboxylic acids is 3. The van der Waals surface area contributed by atoms with Crippen LogP contribution < -0.4 is 10.2 Å². The van der Waals surface area contributed by atoms with Crippen molar-refractivity contribution in [2.75, 3.05) is 0 Å². The van der Waals surface area contributed by atoms with E-state index in [0.717, 1.165) is 0 Å². The van der Waals surface area contributed by atoms with E-state index in [9.17, 15) is 24.6 Å². The third-order valence-electron chi connectivity index (χ3n) is 2.18. The second-order valence-corrected chi connectivity index (χ2v) is 3.81. The number of hydrogen-bond donors (Lipinski definition) is 1. The first-order valence-electron chi connectivity index (χ1n) is 6.18. The minimum absolute atomic E-state index is 0. The fraction of sp³-hybridized carbons (Fsp3) is 0. The Bertz CT molecular complexity index is 638. The molecule has 3 aromatic rings. The van der Waals surface area contributed by atoms with E-state index in [1.165, 1.54) is 55.2 Å². The van der Waals surface area contributed by atoms with Gasteiger partial charge in [-0.3, -0.25) is 0 Å². The number of carbonyl (C=O) groups is 3. The molecule has 0 aliphatic rings. The Kier molecular flexibility index (Phi) is 9.83. The molecule has 0 unspecified atom stereocenters.